The molecule has 0 unspecified atom stereocenters. The molecule has 0 fully saturated rings. The predicted octanol–water partition coefficient (Wildman–Crippen LogP) is 4.26. The molecule has 2 N–H and O–H groups in total. The molecule has 0 saturated carbocycles. The van der Waals surface area contributed by atoms with Crippen LogP contribution in [-0.4, -0.2) is 30.6 Å². The minimum absolute atomic E-state index is 0.0706. The molecule has 1 amide bonds. The lowest BCUT2D eigenvalue weighted by atomic mass is 10.1. The largest absolute Gasteiger partial charge is 0.490 e. The van der Waals surface area contributed by atoms with Gasteiger partial charge in [0, 0.05) is 30.1 Å². The van der Waals surface area contributed by atoms with Crippen molar-refractivity contribution in [1.82, 2.24) is 10.3 Å². The Kier molecular flexibility index (Phi) is 6.95. The summed E-state index contributed by atoms with van der Waals surface area (Å²) in [5.74, 6) is 1.59. The highest BCUT2D eigenvalue weighted by molar-refractivity contribution is 5.84. The molecular weight excluding hydrogens is 352 g/mol. The number of rotatable bonds is 10. The maximum absolute atomic E-state index is 12.2. The molecule has 1 heterocycles. The summed E-state index contributed by atoms with van der Waals surface area (Å²) in [5, 5.41) is 4.20. The number of para-hydroxylation sites is 1. The first-order chi connectivity index (χ1) is 13.7. The van der Waals surface area contributed by atoms with Gasteiger partial charge in [0.1, 0.15) is 0 Å². The number of hydrogen-bond acceptors (Lipinski definition) is 3. The Morgan fingerprint density at radius 3 is 2.61 bits per heavy atom. The predicted molar refractivity (Wildman–Crippen MR) is 112 cm³/mol. The topological polar surface area (TPSA) is 63.3 Å². The number of nitrogens with one attached hydrogen (secondary N) is 2. The molecule has 3 rings (SSSR count). The number of H-pyrrole nitrogens is 1. The zero-order valence-corrected chi connectivity index (χ0v) is 16.6. The fraction of sp³-hybridized carbons (Fsp3) is 0.348. The number of aromatic nitrogens is 1. The second-order valence-corrected chi connectivity index (χ2v) is 6.61. The van der Waals surface area contributed by atoms with Crippen LogP contribution in [0.25, 0.3) is 10.9 Å². The molecule has 0 spiro atoms. The SMILES string of the molecule is CCOc1ccc(CCNC(=O)CCc2c[nH]c3ccccc23)cc1OCC. The van der Waals surface area contributed by atoms with Crippen molar-refractivity contribution in [3.63, 3.8) is 0 Å². The molecule has 0 aliphatic heterocycles. The molecule has 0 bridgehead atoms. The zero-order valence-electron chi connectivity index (χ0n) is 16.6. The van der Waals surface area contributed by atoms with E-state index in [4.69, 9.17) is 9.47 Å². The summed E-state index contributed by atoms with van der Waals surface area (Å²) in [7, 11) is 0. The van der Waals surface area contributed by atoms with E-state index in [0.29, 0.717) is 26.2 Å². The number of carbonyl (C=O) groups excluding carboxylic acids is 1. The van der Waals surface area contributed by atoms with E-state index >= 15 is 0 Å². The summed E-state index contributed by atoms with van der Waals surface area (Å²) in [4.78, 5) is 15.5. The van der Waals surface area contributed by atoms with E-state index < -0.39 is 0 Å². The van der Waals surface area contributed by atoms with Gasteiger partial charge in [-0.15, -0.1) is 0 Å². The van der Waals surface area contributed by atoms with Crippen molar-refractivity contribution in [1.29, 1.82) is 0 Å². The monoisotopic (exact) mass is 380 g/mol. The molecule has 148 valence electrons. The number of hydrogen-bond donors (Lipinski definition) is 2. The maximum Gasteiger partial charge on any atom is 0.220 e. The quantitative estimate of drug-likeness (QED) is 0.552. The minimum Gasteiger partial charge on any atom is -0.490 e. The van der Waals surface area contributed by atoms with Crippen molar-refractivity contribution in [2.75, 3.05) is 19.8 Å². The molecule has 0 atom stereocenters. The summed E-state index contributed by atoms with van der Waals surface area (Å²) in [6.07, 6.45) is 3.96. The molecule has 2 aromatic carbocycles. The van der Waals surface area contributed by atoms with Crippen LogP contribution in [0, 0.1) is 0 Å². The molecular formula is C23H28N2O3. The number of ether oxygens (including phenoxy) is 2. The molecule has 0 saturated heterocycles. The van der Waals surface area contributed by atoms with Crippen LogP contribution in [0.4, 0.5) is 0 Å². The van der Waals surface area contributed by atoms with Gasteiger partial charge in [0.15, 0.2) is 11.5 Å². The number of amides is 1. The number of fused-ring (bicyclic) bond motifs is 1. The molecule has 28 heavy (non-hydrogen) atoms. The third-order valence-electron chi connectivity index (χ3n) is 4.64. The second kappa shape index (κ2) is 9.83. The normalized spacial score (nSPS) is 10.8. The van der Waals surface area contributed by atoms with Gasteiger partial charge in [-0.25, -0.2) is 0 Å². The second-order valence-electron chi connectivity index (χ2n) is 6.61. The highest BCUT2D eigenvalue weighted by Gasteiger charge is 2.08. The first kappa shape index (κ1) is 19.8. The number of aryl methyl sites for hydroxylation is 1. The fourth-order valence-electron chi connectivity index (χ4n) is 3.27. The first-order valence-electron chi connectivity index (χ1n) is 9.91. The van der Waals surface area contributed by atoms with E-state index in [1.165, 1.54) is 10.9 Å². The summed E-state index contributed by atoms with van der Waals surface area (Å²) in [5.41, 5.74) is 3.40. The van der Waals surface area contributed by atoms with E-state index in [0.717, 1.165) is 35.4 Å². The van der Waals surface area contributed by atoms with Crippen molar-refractivity contribution >= 4 is 16.8 Å². The van der Waals surface area contributed by atoms with Gasteiger partial charge < -0.3 is 19.8 Å². The molecule has 0 aliphatic carbocycles. The van der Waals surface area contributed by atoms with Crippen molar-refractivity contribution in [3.05, 3.63) is 59.8 Å². The molecule has 1 aromatic heterocycles. The lowest BCUT2D eigenvalue weighted by Gasteiger charge is -2.12. The smallest absolute Gasteiger partial charge is 0.220 e. The van der Waals surface area contributed by atoms with Crippen LogP contribution < -0.4 is 14.8 Å². The number of benzene rings is 2. The van der Waals surface area contributed by atoms with E-state index in [1.807, 2.05) is 56.4 Å². The van der Waals surface area contributed by atoms with Crippen molar-refractivity contribution < 1.29 is 14.3 Å². The van der Waals surface area contributed by atoms with Crippen LogP contribution >= 0.6 is 0 Å². The minimum atomic E-state index is 0.0706. The van der Waals surface area contributed by atoms with Crippen LogP contribution in [0.15, 0.2) is 48.7 Å². The van der Waals surface area contributed by atoms with Gasteiger partial charge in [-0.05, 0) is 56.0 Å². The molecule has 0 aliphatic rings. The van der Waals surface area contributed by atoms with Gasteiger partial charge in [0.25, 0.3) is 0 Å². The van der Waals surface area contributed by atoms with Crippen LogP contribution in [0.5, 0.6) is 11.5 Å². The highest BCUT2D eigenvalue weighted by atomic mass is 16.5. The maximum atomic E-state index is 12.2. The summed E-state index contributed by atoms with van der Waals surface area (Å²) < 4.78 is 11.2. The molecule has 0 radical (unpaired) electrons. The molecule has 5 nitrogen and oxygen atoms in total. The first-order valence-corrected chi connectivity index (χ1v) is 9.91. The van der Waals surface area contributed by atoms with Crippen molar-refractivity contribution in [2.45, 2.75) is 33.1 Å². The Labute approximate surface area is 166 Å². The van der Waals surface area contributed by atoms with Crippen LogP contribution in [0.2, 0.25) is 0 Å². The van der Waals surface area contributed by atoms with Crippen molar-refractivity contribution in [3.8, 4) is 11.5 Å². The lowest BCUT2D eigenvalue weighted by Crippen LogP contribution is -2.25. The Morgan fingerprint density at radius 2 is 1.79 bits per heavy atom. The standard InChI is InChI=1S/C23H28N2O3/c1-3-27-21-11-9-17(15-22(21)28-4-2)13-14-24-23(26)12-10-18-16-25-20-8-6-5-7-19(18)20/h5-9,11,15-16,25H,3-4,10,12-14H2,1-2H3,(H,24,26). The zero-order chi connectivity index (χ0) is 19.8. The summed E-state index contributed by atoms with van der Waals surface area (Å²) in [6, 6.07) is 14.1. The Bertz CT molecular complexity index is 917. The van der Waals surface area contributed by atoms with E-state index in [-0.39, 0.29) is 5.91 Å². The van der Waals surface area contributed by atoms with E-state index in [2.05, 4.69) is 16.4 Å². The van der Waals surface area contributed by atoms with E-state index in [1.54, 1.807) is 0 Å². The highest BCUT2D eigenvalue weighted by Crippen LogP contribution is 2.28. The van der Waals surface area contributed by atoms with Gasteiger partial charge in [-0.1, -0.05) is 24.3 Å². The average Bonchev–Trinajstić information content (AvgIpc) is 3.12. The van der Waals surface area contributed by atoms with Crippen LogP contribution in [0.3, 0.4) is 0 Å². The van der Waals surface area contributed by atoms with Gasteiger partial charge in [-0.2, -0.15) is 0 Å². The van der Waals surface area contributed by atoms with Crippen LogP contribution in [-0.2, 0) is 17.6 Å². The van der Waals surface area contributed by atoms with Crippen molar-refractivity contribution in [2.24, 2.45) is 0 Å². The average molecular weight is 380 g/mol. The Morgan fingerprint density at radius 1 is 1.00 bits per heavy atom. The van der Waals surface area contributed by atoms with Gasteiger partial charge in [0.2, 0.25) is 5.91 Å². The Hall–Kier alpha value is -2.95. The summed E-state index contributed by atoms with van der Waals surface area (Å²) in [6.45, 7) is 5.71. The van der Waals surface area contributed by atoms with E-state index in [9.17, 15) is 4.79 Å². The fourth-order valence-corrected chi connectivity index (χ4v) is 3.27. The van der Waals surface area contributed by atoms with Gasteiger partial charge >= 0.3 is 0 Å². The van der Waals surface area contributed by atoms with Gasteiger partial charge in [0.05, 0.1) is 13.2 Å². The lowest BCUT2D eigenvalue weighted by molar-refractivity contribution is -0.121. The number of carbonyl (C=O) groups is 1. The Balaban J connectivity index is 1.48. The third-order valence-corrected chi connectivity index (χ3v) is 4.64. The van der Waals surface area contributed by atoms with Gasteiger partial charge in [-0.3, -0.25) is 4.79 Å². The summed E-state index contributed by atoms with van der Waals surface area (Å²) >= 11 is 0. The third kappa shape index (κ3) is 5.06. The van der Waals surface area contributed by atoms with Crippen LogP contribution in [0.1, 0.15) is 31.4 Å². The molecule has 3 aromatic rings. The number of aromatic amines is 1. The molecule has 5 heteroatoms.